The summed E-state index contributed by atoms with van der Waals surface area (Å²) in [6.07, 6.45) is 0.746. The van der Waals surface area contributed by atoms with Crippen LogP contribution in [-0.4, -0.2) is 46.2 Å². The first kappa shape index (κ1) is 23.8. The third-order valence-electron chi connectivity index (χ3n) is 4.90. The zero-order valence-electron chi connectivity index (χ0n) is 18.5. The number of ether oxygens (including phenoxy) is 2. The maximum Gasteiger partial charge on any atom is 0.410 e. The third-order valence-corrected chi connectivity index (χ3v) is 5.21. The lowest BCUT2D eigenvalue weighted by atomic mass is 10.0. The molecule has 2 amide bonds. The molecular formula is C23H27ClFN3O4. The molecule has 1 N–H and O–H groups in total. The Morgan fingerprint density at radius 1 is 1.22 bits per heavy atom. The second kappa shape index (κ2) is 9.73. The van der Waals surface area contributed by atoms with Gasteiger partial charge in [0.25, 0.3) is 5.91 Å². The van der Waals surface area contributed by atoms with E-state index in [0.29, 0.717) is 25.3 Å². The average Bonchev–Trinajstić information content (AvgIpc) is 2.66. The normalized spacial score (nSPS) is 18.8. The summed E-state index contributed by atoms with van der Waals surface area (Å²) in [5.74, 6) is -0.874. The van der Waals surface area contributed by atoms with Gasteiger partial charge in [0.2, 0.25) is 5.88 Å². The zero-order valence-corrected chi connectivity index (χ0v) is 19.3. The minimum atomic E-state index is -0.715. The number of benzene rings is 1. The summed E-state index contributed by atoms with van der Waals surface area (Å²) in [7, 11) is 0. The van der Waals surface area contributed by atoms with E-state index in [1.165, 1.54) is 18.2 Å². The fourth-order valence-corrected chi connectivity index (χ4v) is 3.69. The minimum absolute atomic E-state index is 0.0145. The highest BCUT2D eigenvalue weighted by Gasteiger charge is 2.32. The van der Waals surface area contributed by atoms with E-state index in [0.717, 1.165) is 0 Å². The monoisotopic (exact) mass is 463 g/mol. The molecule has 1 aromatic heterocycles. The summed E-state index contributed by atoms with van der Waals surface area (Å²) < 4.78 is 25.4. The van der Waals surface area contributed by atoms with Gasteiger partial charge >= 0.3 is 6.09 Å². The summed E-state index contributed by atoms with van der Waals surface area (Å²) in [5, 5.41) is 2.56. The molecule has 1 aromatic carbocycles. The van der Waals surface area contributed by atoms with Gasteiger partial charge in [-0.15, -0.1) is 0 Å². The minimum Gasteiger partial charge on any atom is -0.474 e. The van der Waals surface area contributed by atoms with Crippen molar-refractivity contribution < 1.29 is 23.5 Å². The fraction of sp³-hybridized carbons (Fsp3) is 0.435. The van der Waals surface area contributed by atoms with Crippen LogP contribution in [0.1, 0.15) is 50.9 Å². The SMILES string of the molecule is C[C@H]1C[C@@H](Oc2cccc(NC(=O)c3c(F)cccc3Cl)n2)CCN1C(=O)OC(C)(C)C. The molecule has 1 aliphatic heterocycles. The van der Waals surface area contributed by atoms with E-state index in [4.69, 9.17) is 21.1 Å². The van der Waals surface area contributed by atoms with Gasteiger partial charge in [-0.05, 0) is 45.9 Å². The molecule has 0 bridgehead atoms. The standard InChI is InChI=1S/C23H27ClFN3O4/c1-14-13-15(11-12-28(14)22(30)32-23(2,3)4)31-19-10-6-9-18(26-19)27-21(29)20-16(24)7-5-8-17(20)25/h5-10,14-15H,11-13H2,1-4H3,(H,26,27,29)/t14-,15-/m0/s1. The first-order valence-electron chi connectivity index (χ1n) is 10.4. The molecule has 1 saturated heterocycles. The summed E-state index contributed by atoms with van der Waals surface area (Å²) in [6.45, 7) is 7.96. The maximum absolute atomic E-state index is 14.0. The molecule has 0 aliphatic carbocycles. The largest absolute Gasteiger partial charge is 0.474 e. The lowest BCUT2D eigenvalue weighted by Gasteiger charge is -2.38. The molecule has 0 radical (unpaired) electrons. The van der Waals surface area contributed by atoms with Crippen molar-refractivity contribution in [1.82, 2.24) is 9.88 Å². The van der Waals surface area contributed by atoms with E-state index in [1.54, 1.807) is 23.1 Å². The van der Waals surface area contributed by atoms with E-state index >= 15 is 0 Å². The summed E-state index contributed by atoms with van der Waals surface area (Å²) in [4.78, 5) is 30.8. The van der Waals surface area contributed by atoms with Crippen LogP contribution < -0.4 is 10.1 Å². The van der Waals surface area contributed by atoms with Gasteiger partial charge in [0.15, 0.2) is 0 Å². The first-order valence-corrected chi connectivity index (χ1v) is 10.8. The number of carbonyl (C=O) groups is 2. The molecule has 2 aromatic rings. The van der Waals surface area contributed by atoms with Crippen LogP contribution in [0.4, 0.5) is 15.0 Å². The van der Waals surface area contributed by atoms with Crippen molar-refractivity contribution in [2.45, 2.75) is 58.3 Å². The quantitative estimate of drug-likeness (QED) is 0.666. The first-order chi connectivity index (χ1) is 15.0. The highest BCUT2D eigenvalue weighted by molar-refractivity contribution is 6.34. The Morgan fingerprint density at radius 2 is 1.94 bits per heavy atom. The Balaban J connectivity index is 1.61. The van der Waals surface area contributed by atoms with E-state index in [1.807, 2.05) is 27.7 Å². The number of rotatable bonds is 4. The smallest absolute Gasteiger partial charge is 0.410 e. The number of hydrogen-bond acceptors (Lipinski definition) is 5. The number of halogens is 2. The van der Waals surface area contributed by atoms with Crippen LogP contribution in [0.2, 0.25) is 5.02 Å². The molecule has 0 spiro atoms. The Kier molecular flexibility index (Phi) is 7.23. The Hall–Kier alpha value is -2.87. The summed E-state index contributed by atoms with van der Waals surface area (Å²) >= 11 is 5.95. The van der Waals surface area contributed by atoms with E-state index in [9.17, 15) is 14.0 Å². The van der Waals surface area contributed by atoms with Crippen molar-refractivity contribution in [2.24, 2.45) is 0 Å². The van der Waals surface area contributed by atoms with Crippen LogP contribution in [0.15, 0.2) is 36.4 Å². The highest BCUT2D eigenvalue weighted by Crippen LogP contribution is 2.25. The summed E-state index contributed by atoms with van der Waals surface area (Å²) in [6, 6.07) is 8.91. The number of likely N-dealkylation sites (tertiary alicyclic amines) is 1. The van der Waals surface area contributed by atoms with Crippen LogP contribution in [-0.2, 0) is 4.74 Å². The average molecular weight is 464 g/mol. The fourth-order valence-electron chi connectivity index (χ4n) is 3.44. The van der Waals surface area contributed by atoms with Crippen LogP contribution in [0.3, 0.4) is 0 Å². The van der Waals surface area contributed by atoms with Gasteiger partial charge in [-0.3, -0.25) is 4.79 Å². The van der Waals surface area contributed by atoms with E-state index in [-0.39, 0.29) is 34.6 Å². The molecule has 2 atom stereocenters. The van der Waals surface area contributed by atoms with E-state index < -0.39 is 17.3 Å². The molecule has 32 heavy (non-hydrogen) atoms. The number of hydrogen-bond donors (Lipinski definition) is 1. The van der Waals surface area contributed by atoms with Gasteiger partial charge in [-0.2, -0.15) is 4.98 Å². The molecule has 1 aliphatic rings. The molecule has 1 fully saturated rings. The third kappa shape index (κ3) is 6.09. The second-order valence-corrected chi connectivity index (χ2v) is 9.11. The number of amides is 2. The van der Waals surface area contributed by atoms with Crippen LogP contribution in [0.5, 0.6) is 5.88 Å². The number of nitrogens with zero attached hydrogens (tertiary/aromatic N) is 2. The molecule has 3 rings (SSSR count). The van der Waals surface area contributed by atoms with E-state index in [2.05, 4.69) is 10.3 Å². The lowest BCUT2D eigenvalue weighted by Crippen LogP contribution is -2.49. The van der Waals surface area contributed by atoms with Crippen molar-refractivity contribution in [3.8, 4) is 5.88 Å². The maximum atomic E-state index is 14.0. The van der Waals surface area contributed by atoms with Gasteiger partial charge < -0.3 is 19.7 Å². The number of piperidine rings is 1. The molecule has 0 saturated carbocycles. The molecule has 172 valence electrons. The van der Waals surface area contributed by atoms with Gasteiger partial charge in [-0.1, -0.05) is 23.7 Å². The van der Waals surface area contributed by atoms with Crippen molar-refractivity contribution >= 4 is 29.4 Å². The van der Waals surface area contributed by atoms with Gasteiger partial charge in [-0.25, -0.2) is 9.18 Å². The molecular weight excluding hydrogens is 437 g/mol. The van der Waals surface area contributed by atoms with Gasteiger partial charge in [0.1, 0.15) is 23.3 Å². The summed E-state index contributed by atoms with van der Waals surface area (Å²) in [5.41, 5.74) is -0.795. The molecule has 7 nitrogen and oxygen atoms in total. The van der Waals surface area contributed by atoms with Crippen molar-refractivity contribution in [1.29, 1.82) is 0 Å². The molecule has 0 unspecified atom stereocenters. The van der Waals surface area contributed by atoms with Crippen molar-refractivity contribution in [3.05, 3.63) is 52.8 Å². The zero-order chi connectivity index (χ0) is 23.5. The number of carbonyl (C=O) groups excluding carboxylic acids is 2. The Labute approximate surface area is 191 Å². The Morgan fingerprint density at radius 3 is 2.59 bits per heavy atom. The van der Waals surface area contributed by atoms with Gasteiger partial charge in [0.05, 0.1) is 10.6 Å². The number of aromatic nitrogens is 1. The molecule has 9 heteroatoms. The van der Waals surface area contributed by atoms with Gasteiger partial charge in [0, 0.05) is 31.5 Å². The van der Waals surface area contributed by atoms with Crippen LogP contribution in [0.25, 0.3) is 0 Å². The topological polar surface area (TPSA) is 80.8 Å². The molecule has 2 heterocycles. The lowest BCUT2D eigenvalue weighted by molar-refractivity contribution is -0.00149. The predicted octanol–water partition coefficient (Wildman–Crippen LogP) is 5.29. The Bertz CT molecular complexity index is 975. The second-order valence-electron chi connectivity index (χ2n) is 8.70. The van der Waals surface area contributed by atoms with Crippen molar-refractivity contribution in [2.75, 3.05) is 11.9 Å². The predicted molar refractivity (Wildman–Crippen MR) is 120 cm³/mol. The highest BCUT2D eigenvalue weighted by atomic mass is 35.5. The number of pyridine rings is 1. The van der Waals surface area contributed by atoms with Crippen LogP contribution in [0, 0.1) is 5.82 Å². The van der Waals surface area contributed by atoms with Crippen molar-refractivity contribution in [3.63, 3.8) is 0 Å². The van der Waals surface area contributed by atoms with Crippen LogP contribution >= 0.6 is 11.6 Å². The number of anilines is 1. The number of nitrogens with one attached hydrogen (secondary N) is 1.